The molecule has 496 valence electrons. The fourth-order valence-electron chi connectivity index (χ4n) is 14.6. The summed E-state index contributed by atoms with van der Waals surface area (Å²) in [6.07, 6.45) is 0. The fraction of sp³-hybridized carbons (Fsp3) is 0. The Bertz CT molecular complexity index is 6210. The van der Waals surface area contributed by atoms with Crippen molar-refractivity contribution in [3.63, 3.8) is 0 Å². The highest BCUT2D eigenvalue weighted by Gasteiger charge is 2.24. The third-order valence-corrected chi connectivity index (χ3v) is 19.8. The molecule has 0 amide bonds. The van der Waals surface area contributed by atoms with E-state index in [2.05, 4.69) is 291 Å². The van der Waals surface area contributed by atoms with Gasteiger partial charge in [-0.3, -0.25) is 0 Å². The van der Waals surface area contributed by atoms with Crippen LogP contribution in [-0.2, 0) is 0 Å². The van der Waals surface area contributed by atoms with Crippen LogP contribution in [-0.4, -0.2) is 29.9 Å². The molecule has 0 N–H and O–H groups in total. The maximum absolute atomic E-state index is 6.67. The van der Waals surface area contributed by atoms with Gasteiger partial charge in [-0.25, -0.2) is 29.9 Å². The first-order valence-corrected chi connectivity index (χ1v) is 35.5. The van der Waals surface area contributed by atoms with Crippen LogP contribution in [0.1, 0.15) is 0 Å². The van der Waals surface area contributed by atoms with Crippen LogP contribution in [0.2, 0.25) is 0 Å². The smallest absolute Gasteiger partial charge is 0.160 e. The molecule has 0 atom stereocenters. The molecule has 0 radical (unpaired) electrons. The third-order valence-electron chi connectivity index (χ3n) is 19.8. The van der Waals surface area contributed by atoms with Gasteiger partial charge < -0.3 is 8.83 Å². The van der Waals surface area contributed by atoms with Crippen LogP contribution in [0.5, 0.6) is 0 Å². The van der Waals surface area contributed by atoms with Crippen molar-refractivity contribution >= 4 is 65.7 Å². The van der Waals surface area contributed by atoms with Gasteiger partial charge in [0.1, 0.15) is 22.3 Å². The summed E-state index contributed by atoms with van der Waals surface area (Å²) >= 11 is 0. The topological polar surface area (TPSA) is 104 Å². The summed E-state index contributed by atoms with van der Waals surface area (Å²) in [5.74, 6) is 1.38. The van der Waals surface area contributed by atoms with Gasteiger partial charge in [-0.05, 0) is 80.9 Å². The molecule has 0 aliphatic carbocycles. The molecule has 0 fully saturated rings. The number of benzene rings is 14. The van der Waals surface area contributed by atoms with E-state index < -0.39 is 0 Å². The minimum absolute atomic E-state index is 0.687. The quantitative estimate of drug-likeness (QED) is 0.119. The summed E-state index contributed by atoms with van der Waals surface area (Å²) in [6, 6.07) is 130. The van der Waals surface area contributed by atoms with Gasteiger partial charge >= 0.3 is 0 Å². The molecule has 0 aliphatic heterocycles. The van der Waals surface area contributed by atoms with Gasteiger partial charge in [0.2, 0.25) is 0 Å². The van der Waals surface area contributed by atoms with Gasteiger partial charge in [0.05, 0.1) is 66.7 Å². The van der Waals surface area contributed by atoms with Crippen molar-refractivity contribution in [2.24, 2.45) is 0 Å². The lowest BCUT2D eigenvalue weighted by molar-refractivity contribution is 0.672. The van der Waals surface area contributed by atoms with Crippen LogP contribution >= 0.6 is 0 Å². The highest BCUT2D eigenvalue weighted by Crippen LogP contribution is 2.46. The standard InChI is InChI=1S/2C49H31N3O/c1-4-13-32(14-5-1)33-23-29-38(30-24-33)49-51-42(35-15-6-2-7-16-35)31-43(52-49)36-27-25-34(26-28-36)39-20-12-21-41-45(39)48-46(40-19-10-11-22-44(40)53-48)47(50-41)37-17-8-3-9-18-37;1-4-13-32(14-5-1)33-23-27-35(28-24-33)42-31-43(52-49(51-42)38-17-8-3-9-18-38)36-29-25-34(26-30-36)39-20-12-21-41-45(39)48-46(40-19-10-11-22-44(40)53-48)47(50-41)37-15-6-2-7-16-37/h2*1-31H. The number of aromatic nitrogens is 6. The number of para-hydroxylation sites is 2. The van der Waals surface area contributed by atoms with Crippen molar-refractivity contribution < 1.29 is 8.83 Å². The average molecular weight is 1360 g/mol. The number of hydrogen-bond donors (Lipinski definition) is 0. The molecule has 20 aromatic rings. The molecule has 0 bridgehead atoms. The molecule has 0 spiro atoms. The van der Waals surface area contributed by atoms with E-state index in [0.29, 0.717) is 11.6 Å². The van der Waals surface area contributed by atoms with Gasteiger partial charge in [0, 0.05) is 55.3 Å². The van der Waals surface area contributed by atoms with Crippen molar-refractivity contribution in [1.29, 1.82) is 0 Å². The molecule has 106 heavy (non-hydrogen) atoms. The number of hydrogen-bond acceptors (Lipinski definition) is 8. The normalized spacial score (nSPS) is 11.4. The van der Waals surface area contributed by atoms with E-state index in [1.807, 2.05) is 84.9 Å². The summed E-state index contributed by atoms with van der Waals surface area (Å²) in [6.45, 7) is 0. The Morgan fingerprint density at radius 1 is 0.179 bits per heavy atom. The Labute approximate surface area is 611 Å². The van der Waals surface area contributed by atoms with E-state index in [0.717, 1.165) is 172 Å². The molecular weight excluding hydrogens is 1290 g/mol. The Morgan fingerprint density at radius 3 is 0.811 bits per heavy atom. The monoisotopic (exact) mass is 1350 g/mol. The van der Waals surface area contributed by atoms with Gasteiger partial charge in [0.15, 0.2) is 11.6 Å². The van der Waals surface area contributed by atoms with Crippen molar-refractivity contribution in [3.8, 4) is 135 Å². The number of pyridine rings is 2. The Hall–Kier alpha value is -14.3. The second-order valence-electron chi connectivity index (χ2n) is 26.4. The highest BCUT2D eigenvalue weighted by molar-refractivity contribution is 6.23. The van der Waals surface area contributed by atoms with Crippen LogP contribution in [0.3, 0.4) is 0 Å². The second-order valence-corrected chi connectivity index (χ2v) is 26.4. The lowest BCUT2D eigenvalue weighted by Gasteiger charge is -2.12. The van der Waals surface area contributed by atoms with Crippen molar-refractivity contribution in [3.05, 3.63) is 376 Å². The molecule has 0 saturated carbocycles. The van der Waals surface area contributed by atoms with Gasteiger partial charge in [-0.1, -0.05) is 340 Å². The molecule has 6 heterocycles. The summed E-state index contributed by atoms with van der Waals surface area (Å²) in [4.78, 5) is 30.8. The van der Waals surface area contributed by atoms with Crippen molar-refractivity contribution in [1.82, 2.24) is 29.9 Å². The minimum atomic E-state index is 0.687. The minimum Gasteiger partial charge on any atom is -0.455 e. The summed E-state index contributed by atoms with van der Waals surface area (Å²) in [5, 5.41) is 6.18. The Morgan fingerprint density at radius 2 is 0.443 bits per heavy atom. The van der Waals surface area contributed by atoms with Gasteiger partial charge in [-0.15, -0.1) is 0 Å². The number of fused-ring (bicyclic) bond motifs is 10. The maximum atomic E-state index is 6.67. The highest BCUT2D eigenvalue weighted by atomic mass is 16.3. The van der Waals surface area contributed by atoms with E-state index in [1.54, 1.807) is 0 Å². The summed E-state index contributed by atoms with van der Waals surface area (Å²) < 4.78 is 13.3. The van der Waals surface area contributed by atoms with Crippen LogP contribution in [0.25, 0.3) is 201 Å². The van der Waals surface area contributed by atoms with E-state index in [1.165, 1.54) is 16.7 Å². The first kappa shape index (κ1) is 62.6. The zero-order chi connectivity index (χ0) is 70.3. The largest absolute Gasteiger partial charge is 0.455 e. The molecule has 14 aromatic carbocycles. The molecule has 0 saturated heterocycles. The number of rotatable bonds is 12. The van der Waals surface area contributed by atoms with E-state index in [4.69, 9.17) is 38.7 Å². The number of furan rings is 2. The molecular formula is C98H62N6O2. The lowest BCUT2D eigenvalue weighted by Crippen LogP contribution is -1.96. The van der Waals surface area contributed by atoms with Crippen LogP contribution < -0.4 is 0 Å². The van der Waals surface area contributed by atoms with Crippen LogP contribution in [0, 0.1) is 0 Å². The van der Waals surface area contributed by atoms with Crippen molar-refractivity contribution in [2.45, 2.75) is 0 Å². The average Bonchev–Trinajstić information content (AvgIpc) is 1.09. The lowest BCUT2D eigenvalue weighted by atomic mass is 9.95. The summed E-state index contributed by atoms with van der Waals surface area (Å²) in [7, 11) is 0. The number of nitrogens with zero attached hydrogens (tertiary/aromatic N) is 6. The fourth-order valence-corrected chi connectivity index (χ4v) is 14.6. The molecule has 0 unspecified atom stereocenters. The second kappa shape index (κ2) is 27.2. The predicted octanol–water partition coefficient (Wildman–Crippen LogP) is 25.9. The van der Waals surface area contributed by atoms with E-state index in [9.17, 15) is 0 Å². The van der Waals surface area contributed by atoms with Crippen LogP contribution in [0.4, 0.5) is 0 Å². The first-order chi connectivity index (χ1) is 52.5. The Kier molecular flexibility index (Phi) is 16.1. The molecule has 8 heteroatoms. The molecule has 6 aromatic heterocycles. The van der Waals surface area contributed by atoms with E-state index >= 15 is 0 Å². The summed E-state index contributed by atoms with van der Waals surface area (Å²) in [5.41, 5.74) is 27.6. The zero-order valence-electron chi connectivity index (χ0n) is 57.3. The SMILES string of the molecule is c1ccc(-c2ccc(-c3cc(-c4ccc(-c5cccc6nc(-c7ccccc7)c7c8ccccc8oc7c56)cc4)nc(-c4ccccc4)n3)cc2)cc1.c1ccc(-c2ccc(-c3nc(-c4ccccc4)cc(-c4ccc(-c5cccc6nc(-c7ccccc7)c7c8ccccc8oc7c56)cc4)n3)cc2)cc1. The molecule has 8 nitrogen and oxygen atoms in total. The van der Waals surface area contributed by atoms with E-state index in [-0.39, 0.29) is 0 Å². The van der Waals surface area contributed by atoms with Crippen LogP contribution in [0.15, 0.2) is 385 Å². The maximum Gasteiger partial charge on any atom is 0.160 e. The Balaban J connectivity index is 0.000000145. The molecule has 20 rings (SSSR count). The van der Waals surface area contributed by atoms with Gasteiger partial charge in [-0.2, -0.15) is 0 Å². The third kappa shape index (κ3) is 11.9. The zero-order valence-corrected chi connectivity index (χ0v) is 57.3. The van der Waals surface area contributed by atoms with Crippen molar-refractivity contribution in [2.75, 3.05) is 0 Å². The first-order valence-electron chi connectivity index (χ1n) is 35.5. The molecule has 0 aliphatic rings. The van der Waals surface area contributed by atoms with Gasteiger partial charge in [0.25, 0.3) is 0 Å². The predicted molar refractivity (Wildman–Crippen MR) is 434 cm³/mol.